The standard InChI is InChI=1S/C15H12O4S/c16-15(17)9-20(18)8-10-5-6-14-12(7-10)11-3-1-2-4-13(11)19-14/h1-7H,8-9H2,(H,16,17). The van der Waals surface area contributed by atoms with Gasteiger partial charge in [0, 0.05) is 27.3 Å². The van der Waals surface area contributed by atoms with E-state index in [1.54, 1.807) is 0 Å². The first-order valence-electron chi connectivity index (χ1n) is 6.10. The Morgan fingerprint density at radius 2 is 1.85 bits per heavy atom. The van der Waals surface area contributed by atoms with E-state index in [1.807, 2.05) is 42.5 Å². The van der Waals surface area contributed by atoms with Crippen LogP contribution in [0, 0.1) is 0 Å². The van der Waals surface area contributed by atoms with Crippen LogP contribution >= 0.6 is 0 Å². The van der Waals surface area contributed by atoms with Gasteiger partial charge in [-0.1, -0.05) is 24.3 Å². The predicted octanol–water partition coefficient (Wildman–Crippen LogP) is 2.92. The number of carboxylic acids is 1. The van der Waals surface area contributed by atoms with E-state index in [4.69, 9.17) is 9.52 Å². The van der Waals surface area contributed by atoms with Crippen molar-refractivity contribution >= 4 is 38.7 Å². The molecule has 3 rings (SSSR count). The predicted molar refractivity (Wildman–Crippen MR) is 78.1 cm³/mol. The molecule has 2 aromatic carbocycles. The van der Waals surface area contributed by atoms with E-state index in [-0.39, 0.29) is 11.5 Å². The molecule has 0 saturated heterocycles. The lowest BCUT2D eigenvalue weighted by molar-refractivity contribution is -0.133. The van der Waals surface area contributed by atoms with Crippen molar-refractivity contribution in [3.05, 3.63) is 48.0 Å². The van der Waals surface area contributed by atoms with Crippen LogP contribution in [0.1, 0.15) is 5.56 Å². The summed E-state index contributed by atoms with van der Waals surface area (Å²) in [6.07, 6.45) is 0. The number of furan rings is 1. The molecule has 102 valence electrons. The topological polar surface area (TPSA) is 67.5 Å². The molecule has 0 spiro atoms. The smallest absolute Gasteiger partial charge is 0.316 e. The number of aliphatic carboxylic acids is 1. The Kier molecular flexibility index (Phi) is 3.28. The highest BCUT2D eigenvalue weighted by Crippen LogP contribution is 2.29. The fourth-order valence-corrected chi connectivity index (χ4v) is 3.17. The number of hydrogen-bond donors (Lipinski definition) is 1. The van der Waals surface area contributed by atoms with Crippen LogP contribution in [0.3, 0.4) is 0 Å². The maximum absolute atomic E-state index is 11.7. The van der Waals surface area contributed by atoms with Gasteiger partial charge in [-0.25, -0.2) is 0 Å². The molecule has 4 nitrogen and oxygen atoms in total. The lowest BCUT2D eigenvalue weighted by Gasteiger charge is -2.00. The van der Waals surface area contributed by atoms with Gasteiger partial charge in [0.05, 0.1) is 0 Å². The highest BCUT2D eigenvalue weighted by molar-refractivity contribution is 7.84. The monoisotopic (exact) mass is 288 g/mol. The van der Waals surface area contributed by atoms with Crippen molar-refractivity contribution in [3.63, 3.8) is 0 Å². The largest absolute Gasteiger partial charge is 0.481 e. The quantitative estimate of drug-likeness (QED) is 0.801. The molecule has 1 unspecified atom stereocenters. The highest BCUT2D eigenvalue weighted by atomic mass is 32.2. The lowest BCUT2D eigenvalue weighted by atomic mass is 10.1. The van der Waals surface area contributed by atoms with Crippen molar-refractivity contribution < 1.29 is 18.5 Å². The van der Waals surface area contributed by atoms with Crippen LogP contribution in [0.5, 0.6) is 0 Å². The van der Waals surface area contributed by atoms with Gasteiger partial charge in [0.1, 0.15) is 16.9 Å². The van der Waals surface area contributed by atoms with E-state index in [1.165, 1.54) is 0 Å². The molecule has 0 bridgehead atoms. The molecular formula is C15H12O4S. The third-order valence-corrected chi connectivity index (χ3v) is 4.28. The Morgan fingerprint density at radius 1 is 1.10 bits per heavy atom. The van der Waals surface area contributed by atoms with Gasteiger partial charge < -0.3 is 9.52 Å². The Bertz CT molecular complexity index is 819. The zero-order valence-corrected chi connectivity index (χ0v) is 11.4. The van der Waals surface area contributed by atoms with Crippen molar-refractivity contribution in [2.75, 3.05) is 5.75 Å². The molecule has 1 atom stereocenters. The van der Waals surface area contributed by atoms with E-state index in [0.717, 1.165) is 27.5 Å². The Morgan fingerprint density at radius 3 is 2.65 bits per heavy atom. The van der Waals surface area contributed by atoms with Crippen LogP contribution in [-0.4, -0.2) is 21.0 Å². The Labute approximate surface area is 117 Å². The van der Waals surface area contributed by atoms with Gasteiger partial charge >= 0.3 is 5.97 Å². The third-order valence-electron chi connectivity index (χ3n) is 3.05. The summed E-state index contributed by atoms with van der Waals surface area (Å²) in [5.74, 6) is -1.13. The Hall–Kier alpha value is -2.14. The minimum Gasteiger partial charge on any atom is -0.481 e. The number of carboxylic acid groups (broad SMARTS) is 1. The summed E-state index contributed by atoms with van der Waals surface area (Å²) in [4.78, 5) is 10.5. The van der Waals surface area contributed by atoms with E-state index < -0.39 is 16.8 Å². The maximum atomic E-state index is 11.7. The van der Waals surface area contributed by atoms with E-state index in [2.05, 4.69) is 0 Å². The number of carbonyl (C=O) groups is 1. The van der Waals surface area contributed by atoms with Crippen molar-refractivity contribution in [1.29, 1.82) is 0 Å². The second kappa shape index (κ2) is 5.09. The average Bonchev–Trinajstić information content (AvgIpc) is 2.76. The van der Waals surface area contributed by atoms with Crippen LogP contribution in [0.4, 0.5) is 0 Å². The summed E-state index contributed by atoms with van der Waals surface area (Å²) < 4.78 is 17.4. The summed E-state index contributed by atoms with van der Waals surface area (Å²) in [5, 5.41) is 10.6. The summed E-state index contributed by atoms with van der Waals surface area (Å²) in [6, 6.07) is 13.3. The van der Waals surface area contributed by atoms with Crippen molar-refractivity contribution in [3.8, 4) is 0 Å². The molecule has 0 saturated carbocycles. The normalized spacial score (nSPS) is 12.8. The third kappa shape index (κ3) is 2.44. The van der Waals surface area contributed by atoms with E-state index >= 15 is 0 Å². The van der Waals surface area contributed by atoms with Gasteiger partial charge in [0.2, 0.25) is 0 Å². The number of benzene rings is 2. The van der Waals surface area contributed by atoms with Gasteiger partial charge in [-0.05, 0) is 23.8 Å². The number of rotatable bonds is 4. The summed E-state index contributed by atoms with van der Waals surface area (Å²) in [5.41, 5.74) is 2.44. The molecule has 0 aliphatic rings. The van der Waals surface area contributed by atoms with Crippen LogP contribution < -0.4 is 0 Å². The van der Waals surface area contributed by atoms with E-state index in [9.17, 15) is 9.00 Å². The van der Waals surface area contributed by atoms with Crippen LogP contribution in [0.15, 0.2) is 46.9 Å². The first-order valence-corrected chi connectivity index (χ1v) is 7.59. The maximum Gasteiger partial charge on any atom is 0.316 e. The minimum atomic E-state index is -1.40. The summed E-state index contributed by atoms with van der Waals surface area (Å²) in [6.45, 7) is 0. The van der Waals surface area contributed by atoms with Gasteiger partial charge in [-0.15, -0.1) is 0 Å². The molecular weight excluding hydrogens is 276 g/mol. The molecule has 0 aliphatic carbocycles. The second-order valence-corrected chi connectivity index (χ2v) is 6.01. The fourth-order valence-electron chi connectivity index (χ4n) is 2.24. The second-order valence-electron chi connectivity index (χ2n) is 4.55. The van der Waals surface area contributed by atoms with Crippen molar-refractivity contribution in [2.45, 2.75) is 5.75 Å². The van der Waals surface area contributed by atoms with Crippen LogP contribution in [0.25, 0.3) is 21.9 Å². The first kappa shape index (κ1) is 12.9. The fraction of sp³-hybridized carbons (Fsp3) is 0.133. The number of fused-ring (bicyclic) bond motifs is 3. The van der Waals surface area contributed by atoms with Crippen LogP contribution in [-0.2, 0) is 21.3 Å². The molecule has 3 aromatic rings. The number of para-hydroxylation sites is 1. The highest BCUT2D eigenvalue weighted by Gasteiger charge is 2.10. The van der Waals surface area contributed by atoms with E-state index in [0.29, 0.717) is 0 Å². The summed E-state index contributed by atoms with van der Waals surface area (Å²) >= 11 is 0. The number of hydrogen-bond acceptors (Lipinski definition) is 3. The molecule has 20 heavy (non-hydrogen) atoms. The summed E-state index contributed by atoms with van der Waals surface area (Å²) in [7, 11) is -1.40. The first-order chi connectivity index (χ1) is 9.63. The molecule has 1 N–H and O–H groups in total. The molecule has 0 amide bonds. The SMILES string of the molecule is O=C(O)CS(=O)Cc1ccc2oc3ccccc3c2c1. The van der Waals surface area contributed by atoms with Crippen molar-refractivity contribution in [1.82, 2.24) is 0 Å². The molecule has 1 heterocycles. The molecule has 5 heteroatoms. The van der Waals surface area contributed by atoms with Gasteiger partial charge in [-0.3, -0.25) is 9.00 Å². The molecule has 0 fully saturated rings. The lowest BCUT2D eigenvalue weighted by Crippen LogP contribution is -2.10. The molecule has 0 aliphatic heterocycles. The van der Waals surface area contributed by atoms with Gasteiger partial charge in [0.15, 0.2) is 0 Å². The zero-order chi connectivity index (χ0) is 14.1. The van der Waals surface area contributed by atoms with Gasteiger partial charge in [-0.2, -0.15) is 0 Å². The Balaban J connectivity index is 1.99. The molecule has 0 radical (unpaired) electrons. The average molecular weight is 288 g/mol. The van der Waals surface area contributed by atoms with Crippen molar-refractivity contribution in [2.24, 2.45) is 0 Å². The zero-order valence-electron chi connectivity index (χ0n) is 10.5. The minimum absolute atomic E-state index is 0.238. The van der Waals surface area contributed by atoms with Crippen LogP contribution in [0.2, 0.25) is 0 Å². The van der Waals surface area contributed by atoms with Gasteiger partial charge in [0.25, 0.3) is 0 Å². The molecule has 1 aromatic heterocycles.